The van der Waals surface area contributed by atoms with Gasteiger partial charge in [-0.1, -0.05) is 139 Å². The number of hydrogen-bond acceptors (Lipinski definition) is 44. The first-order valence-corrected chi connectivity index (χ1v) is 51.9. The maximum Gasteiger partial charge on any atom is 0.515 e. The van der Waals surface area contributed by atoms with Crippen molar-refractivity contribution in [2.45, 2.75) is 93.3 Å². The van der Waals surface area contributed by atoms with Crippen LogP contribution in [-0.2, 0) is 159 Å². The van der Waals surface area contributed by atoms with E-state index in [2.05, 4.69) is 117 Å². The molecule has 5 aromatic carbocycles. The molecule has 0 amide bonds. The van der Waals surface area contributed by atoms with E-state index in [1.165, 1.54) is 25.3 Å². The lowest BCUT2D eigenvalue weighted by molar-refractivity contribution is -0.0167. The zero-order valence-electron chi connectivity index (χ0n) is 76.9. The summed E-state index contributed by atoms with van der Waals surface area (Å²) < 4.78 is 165. The number of hydrogen-bond donors (Lipinski definition) is 8. The number of imidazole rings is 4. The molecule has 13 rings (SSSR count). The molecule has 8 heterocycles. The van der Waals surface area contributed by atoms with E-state index in [4.69, 9.17) is 118 Å². The van der Waals surface area contributed by atoms with Gasteiger partial charge in [0.2, 0.25) is 51.0 Å². The summed E-state index contributed by atoms with van der Waals surface area (Å²) in [6.45, 7) is 7.40. The number of H-pyrrole nitrogens is 4. The molecule has 0 radical (unpaired) electrons. The van der Waals surface area contributed by atoms with Crippen LogP contribution < -0.4 is 49.9 Å². The molecule has 143 heavy (non-hydrogen) atoms. The number of anilines is 4. The Morgan fingerprint density at radius 3 is 1.00 bits per heavy atom. The average molecular weight is 2290 g/mol. The van der Waals surface area contributed by atoms with Crippen molar-refractivity contribution in [1.29, 1.82) is 0 Å². The van der Waals surface area contributed by atoms with Gasteiger partial charge in [0.05, 0.1) is 98.0 Å². The van der Waals surface area contributed by atoms with Crippen molar-refractivity contribution >= 4 is 183 Å². The van der Waals surface area contributed by atoms with Crippen molar-refractivity contribution in [3.63, 3.8) is 0 Å². The smallest absolute Gasteiger partial charge is 0.438 e. The molecule has 4 atom stereocenters. The molecule has 770 valence electrons. The summed E-state index contributed by atoms with van der Waals surface area (Å²) in [6, 6.07) is 35.2. The first kappa shape index (κ1) is 113. The molecule has 0 spiro atoms. The van der Waals surface area contributed by atoms with Gasteiger partial charge in [-0.15, -0.1) is 0 Å². The molecule has 52 nitrogen and oxygen atoms in total. The molecule has 0 fully saturated rings. The van der Waals surface area contributed by atoms with E-state index >= 15 is 0 Å². The summed E-state index contributed by atoms with van der Waals surface area (Å²) in [5.41, 5.74) is 26.1. The molecule has 0 saturated heterocycles. The van der Waals surface area contributed by atoms with Crippen LogP contribution in [0.5, 0.6) is 5.75 Å². The highest BCUT2D eigenvalue weighted by molar-refractivity contribution is 9.11. The zero-order valence-corrected chi connectivity index (χ0v) is 86.0. The van der Waals surface area contributed by atoms with Crippen LogP contribution in [0.2, 0.25) is 5.02 Å². The zero-order chi connectivity index (χ0) is 103. The van der Waals surface area contributed by atoms with Crippen LogP contribution in [0, 0.1) is 12.8 Å². The van der Waals surface area contributed by atoms with E-state index in [0.717, 1.165) is 42.8 Å². The van der Waals surface area contributed by atoms with Gasteiger partial charge in [-0.2, -0.15) is 19.9 Å². The molecule has 13 aromatic rings. The van der Waals surface area contributed by atoms with Gasteiger partial charge in [0.15, 0.2) is 44.7 Å². The number of benzene rings is 5. The fourth-order valence-corrected chi connectivity index (χ4v) is 17.5. The quantitative estimate of drug-likeness (QED) is 0.00438. The van der Waals surface area contributed by atoms with Gasteiger partial charge in [-0.05, 0) is 110 Å². The summed E-state index contributed by atoms with van der Waals surface area (Å²) in [5.74, 6) is 0.229. The molecule has 12 N–H and O–H groups in total. The second-order valence-electron chi connectivity index (χ2n) is 30.0. The van der Waals surface area contributed by atoms with Crippen LogP contribution in [0.15, 0.2) is 179 Å². The second-order valence-corrected chi connectivity index (χ2v) is 41.2. The fourth-order valence-electron chi connectivity index (χ4n) is 11.5. The number of ether oxygens (including phenoxy) is 12. The number of nitrogen functional groups attached to an aromatic ring is 4. The van der Waals surface area contributed by atoms with Crippen LogP contribution in [-0.4, -0.2) is 202 Å². The van der Waals surface area contributed by atoms with E-state index in [9.17, 15) is 56.6 Å². The molecule has 4 unspecified atom stereocenters. The minimum absolute atomic E-state index is 0.0313. The lowest BCUT2D eigenvalue weighted by Crippen LogP contribution is -2.16. The standard InChI is InChI=1S/C24H25ClN5O8P.C21H27BrN5O8P.C20H25BrN5O8P.C18H21BrN5O8P/c1-16-5-7-19(8-6-16)38-24(32)35-14-37-39(33,36-12-17-3-2-4-18(25)11-17)15-34-10-9-30-13-27-20-21(30)28-23(26)29-22(20)31;1-14(2)9-32-21(29)33-12-35-36(30,34-10-15-4-3-5-16(22)8-15)13-31-7-6-27-11-24-17-18(27)25-20(23)26-19(17)28;1-13(2)34-20(28)31-11-33-35(29,32-9-14-4-3-5-15(21)8-14)12-30-7-6-26-10-23-16-17(26)24-19(22)25-18(16)27;1-28-18(26)30-10-32-33(27,31-8-12-3-2-4-13(19)7-12)11-29-6-5-24-9-21-14-15(24)22-17(20)23-16(14)25/h2-8,11,13H,9-10,12,14-15H2,1H3,(H3,26,28,29,31);3-5,8,11,14H,6-7,9-10,12-13H2,1-2H3,(H3,23,25,26,28);3-5,8,10,13H,6-7,9,11-12H2,1-2H3,(H3,22,24,25,27);2-4,7,9H,5-6,8,10-11H2,1H3,(H3,20,22,23,25). The third-order valence-corrected chi connectivity index (χ3v) is 25.9. The molecule has 0 aliphatic carbocycles. The van der Waals surface area contributed by atoms with Crippen LogP contribution in [0.4, 0.5) is 43.0 Å². The number of nitrogens with zero attached hydrogens (tertiary/aromatic N) is 12. The molecule has 0 aliphatic heterocycles. The normalized spacial score (nSPS) is 13.0. The number of aromatic amines is 4. The van der Waals surface area contributed by atoms with Gasteiger partial charge in [-0.25, -0.2) is 39.1 Å². The monoisotopic (exact) mass is 2280 g/mol. The Morgan fingerprint density at radius 2 is 0.699 bits per heavy atom. The van der Waals surface area contributed by atoms with Crippen LogP contribution >= 0.6 is 89.8 Å². The van der Waals surface area contributed by atoms with Crippen molar-refractivity contribution < 1.29 is 130 Å². The average Bonchev–Trinajstić information content (AvgIpc) is 1.67. The van der Waals surface area contributed by atoms with Gasteiger partial charge in [0.25, 0.3) is 22.2 Å². The van der Waals surface area contributed by atoms with Gasteiger partial charge < -0.3 is 116 Å². The number of nitrogens with two attached hydrogens (primary N) is 4. The van der Waals surface area contributed by atoms with Gasteiger partial charge >= 0.3 is 55.0 Å². The highest BCUT2D eigenvalue weighted by Gasteiger charge is 2.32. The summed E-state index contributed by atoms with van der Waals surface area (Å²) >= 11 is 16.1. The number of aromatic nitrogens is 16. The van der Waals surface area contributed by atoms with E-state index in [1.54, 1.807) is 135 Å². The predicted molar refractivity (Wildman–Crippen MR) is 523 cm³/mol. The van der Waals surface area contributed by atoms with Crippen molar-refractivity contribution in [3.05, 3.63) is 234 Å². The summed E-state index contributed by atoms with van der Waals surface area (Å²) in [6.07, 6.45) is -0.403. The maximum absolute atomic E-state index is 13.4. The number of carbonyl (C=O) groups is 4. The van der Waals surface area contributed by atoms with Gasteiger partial charge in [0, 0.05) is 44.6 Å². The lowest BCUT2D eigenvalue weighted by atomic mass is 10.2. The van der Waals surface area contributed by atoms with Gasteiger partial charge in [-0.3, -0.25) is 75.5 Å². The summed E-state index contributed by atoms with van der Waals surface area (Å²) in [5, 5.41) is 0.478. The molecule has 60 heteroatoms. The maximum atomic E-state index is 13.4. The Morgan fingerprint density at radius 1 is 0.399 bits per heavy atom. The molecular formula is C83H98Br3ClN20O32P4. The Hall–Kier alpha value is -12.1. The Kier molecular flexibility index (Phi) is 44.0. The number of carbonyl (C=O) groups excluding carboxylic acids is 4. The third kappa shape index (κ3) is 37.9. The molecule has 0 aliphatic rings. The SMILES string of the molecule is CC(C)COC(=O)OCOP(=O)(COCCn1cnc2c(=O)[nH]c(N)nc21)OCc1cccc(Br)c1.CC(C)OC(=O)OCOP(=O)(COCCn1cnc2c(=O)[nH]c(N)nc21)OCc1cccc(Br)c1.COC(=O)OCOP(=O)(COCCn1cnc2c(=O)[nH]c(N)nc21)OCc1cccc(Br)c1.Cc1ccc(OC(=O)OCOP(=O)(COCCn2cnc3c(=O)[nH]c(N)nc32)OCc2cccc(Cl)c2)cc1. The number of nitrogens with one attached hydrogen (secondary N) is 4. The van der Waals surface area contributed by atoms with E-state index in [0.29, 0.717) is 16.2 Å². The van der Waals surface area contributed by atoms with Crippen LogP contribution in [0.1, 0.15) is 55.5 Å². The van der Waals surface area contributed by atoms with Crippen molar-refractivity contribution in [1.82, 2.24) is 78.1 Å². The van der Waals surface area contributed by atoms with Crippen molar-refractivity contribution in [2.24, 2.45) is 5.92 Å². The van der Waals surface area contributed by atoms with E-state index < -0.39 is 130 Å². The van der Waals surface area contributed by atoms with Crippen LogP contribution in [0.3, 0.4) is 0 Å². The highest BCUT2D eigenvalue weighted by Crippen LogP contribution is 2.52. The van der Waals surface area contributed by atoms with Crippen molar-refractivity contribution in [3.8, 4) is 5.75 Å². The second kappa shape index (κ2) is 55.7. The minimum atomic E-state index is -3.93. The highest BCUT2D eigenvalue weighted by atomic mass is 79.9. The first-order chi connectivity index (χ1) is 68.3. The minimum Gasteiger partial charge on any atom is -0.438 e. The Bertz CT molecular complexity index is 6920. The molecule has 8 aromatic heterocycles. The number of aryl methyl sites for hydroxylation is 1. The third-order valence-electron chi connectivity index (χ3n) is 18.1. The molecule has 0 saturated carbocycles. The largest absolute Gasteiger partial charge is 0.515 e. The van der Waals surface area contributed by atoms with Crippen LogP contribution in [0.25, 0.3) is 44.7 Å². The number of rotatable bonds is 48. The van der Waals surface area contributed by atoms with Crippen molar-refractivity contribution in [2.75, 3.05) is 116 Å². The Labute approximate surface area is 841 Å². The Balaban J connectivity index is 0.000000196. The number of halogens is 4. The first-order valence-electron chi connectivity index (χ1n) is 42.2. The topological polar surface area (TPSA) is 680 Å². The fraction of sp³-hybridized carbons (Fsp3) is 0.349. The van der Waals surface area contributed by atoms with Gasteiger partial charge in [0.1, 0.15) is 31.1 Å². The molecular weight excluding hydrogens is 2190 g/mol. The summed E-state index contributed by atoms with van der Waals surface area (Å²) in [4.78, 5) is 136. The lowest BCUT2D eigenvalue weighted by Gasteiger charge is -2.19. The van der Waals surface area contributed by atoms with E-state index in [1.807, 2.05) is 39.0 Å². The predicted octanol–water partition coefficient (Wildman–Crippen LogP) is 13.9. The molecule has 0 bridgehead atoms. The summed E-state index contributed by atoms with van der Waals surface area (Å²) in [7, 11) is -14.3. The number of fused-ring (bicyclic) bond motifs is 4. The number of methoxy groups -OCH3 is 1. The van der Waals surface area contributed by atoms with E-state index in [-0.39, 0.29) is 166 Å².